The first-order chi connectivity index (χ1) is 8.45. The summed E-state index contributed by atoms with van der Waals surface area (Å²) in [6.07, 6.45) is 2.50. The second kappa shape index (κ2) is 6.30. The lowest BCUT2D eigenvalue weighted by molar-refractivity contribution is -0.139. The molecule has 1 aromatic heterocycles. The van der Waals surface area contributed by atoms with Crippen LogP contribution in [0.3, 0.4) is 0 Å². The Hall–Kier alpha value is -1.69. The molecule has 0 fully saturated rings. The number of carbonyl (C=O) groups is 2. The average molecular weight is 268 g/mol. The third-order valence-corrected chi connectivity index (χ3v) is 3.44. The van der Waals surface area contributed by atoms with Gasteiger partial charge in [0.25, 0.3) is 5.91 Å². The molecule has 0 aliphatic heterocycles. The Morgan fingerprint density at radius 1 is 1.56 bits per heavy atom. The molecule has 18 heavy (non-hydrogen) atoms. The molecule has 0 bridgehead atoms. The van der Waals surface area contributed by atoms with Crippen molar-refractivity contribution in [3.8, 4) is 0 Å². The summed E-state index contributed by atoms with van der Waals surface area (Å²) in [5.74, 6) is -1.42. The molecular formula is C12H16N2O3S. The van der Waals surface area contributed by atoms with Gasteiger partial charge in [0.1, 0.15) is 10.9 Å². The van der Waals surface area contributed by atoms with E-state index in [0.29, 0.717) is 23.4 Å². The Morgan fingerprint density at radius 3 is 2.67 bits per heavy atom. The zero-order valence-electron chi connectivity index (χ0n) is 10.4. The molecule has 0 saturated heterocycles. The molecule has 6 heteroatoms. The highest BCUT2D eigenvalue weighted by molar-refractivity contribution is 7.13. The summed E-state index contributed by atoms with van der Waals surface area (Å²) in [6.45, 7) is 7.07. The standard InChI is InChI=1S/C12H16N2O3S/c1-4-5-6-9(12(16)17)14-11(15)10-7(2)13-8(3)18-10/h4,9H,1,5-6H2,2-3H3,(H,14,15)(H,16,17). The number of allylic oxidation sites excluding steroid dienone is 1. The van der Waals surface area contributed by atoms with Crippen LogP contribution < -0.4 is 5.32 Å². The van der Waals surface area contributed by atoms with Gasteiger partial charge in [-0.1, -0.05) is 6.08 Å². The summed E-state index contributed by atoms with van der Waals surface area (Å²) < 4.78 is 0. The smallest absolute Gasteiger partial charge is 0.326 e. The number of aromatic nitrogens is 1. The Kier molecular flexibility index (Phi) is 5.03. The van der Waals surface area contributed by atoms with Crippen molar-refractivity contribution < 1.29 is 14.7 Å². The van der Waals surface area contributed by atoms with Gasteiger partial charge in [-0.3, -0.25) is 4.79 Å². The van der Waals surface area contributed by atoms with Gasteiger partial charge in [0.05, 0.1) is 10.7 Å². The Balaban J connectivity index is 2.75. The van der Waals surface area contributed by atoms with Crippen molar-refractivity contribution in [3.63, 3.8) is 0 Å². The molecule has 0 spiro atoms. The number of thiazole rings is 1. The number of carboxylic acids is 1. The molecule has 0 radical (unpaired) electrons. The van der Waals surface area contributed by atoms with Crippen molar-refractivity contribution in [1.29, 1.82) is 0 Å². The molecule has 0 aliphatic rings. The minimum absolute atomic E-state index is 0.335. The normalized spacial score (nSPS) is 11.9. The Bertz CT molecular complexity index is 468. The van der Waals surface area contributed by atoms with E-state index >= 15 is 0 Å². The minimum atomic E-state index is -1.04. The summed E-state index contributed by atoms with van der Waals surface area (Å²) >= 11 is 1.26. The summed E-state index contributed by atoms with van der Waals surface area (Å²) in [5.41, 5.74) is 0.628. The number of hydrogen-bond donors (Lipinski definition) is 2. The predicted octanol–water partition coefficient (Wildman–Crippen LogP) is 1.91. The molecule has 1 rings (SSSR count). The molecule has 1 heterocycles. The molecule has 0 aliphatic carbocycles. The first-order valence-corrected chi connectivity index (χ1v) is 6.36. The van der Waals surface area contributed by atoms with Crippen LogP contribution in [0.4, 0.5) is 0 Å². The lowest BCUT2D eigenvalue weighted by Crippen LogP contribution is -2.40. The van der Waals surface area contributed by atoms with Crippen molar-refractivity contribution in [1.82, 2.24) is 10.3 Å². The minimum Gasteiger partial charge on any atom is -0.480 e. The van der Waals surface area contributed by atoms with Gasteiger partial charge in [-0.2, -0.15) is 0 Å². The van der Waals surface area contributed by atoms with Gasteiger partial charge < -0.3 is 10.4 Å². The van der Waals surface area contributed by atoms with E-state index in [1.165, 1.54) is 11.3 Å². The molecule has 1 unspecified atom stereocenters. The fourth-order valence-electron chi connectivity index (χ4n) is 1.51. The van der Waals surface area contributed by atoms with E-state index in [1.54, 1.807) is 19.9 Å². The van der Waals surface area contributed by atoms with Crippen molar-refractivity contribution in [3.05, 3.63) is 28.2 Å². The fraction of sp³-hybridized carbons (Fsp3) is 0.417. The average Bonchev–Trinajstić information content (AvgIpc) is 2.63. The largest absolute Gasteiger partial charge is 0.480 e. The fourth-order valence-corrected chi connectivity index (χ4v) is 2.33. The molecule has 98 valence electrons. The predicted molar refractivity (Wildman–Crippen MR) is 69.9 cm³/mol. The van der Waals surface area contributed by atoms with Crippen molar-refractivity contribution in [2.45, 2.75) is 32.7 Å². The van der Waals surface area contributed by atoms with Crippen LogP contribution in [-0.4, -0.2) is 28.0 Å². The number of carboxylic acid groups (broad SMARTS) is 1. The maximum absolute atomic E-state index is 11.9. The van der Waals surface area contributed by atoms with Crippen LogP contribution in [-0.2, 0) is 4.79 Å². The van der Waals surface area contributed by atoms with E-state index in [-0.39, 0.29) is 5.91 Å². The maximum Gasteiger partial charge on any atom is 0.326 e. The van der Waals surface area contributed by atoms with Crippen LogP contribution in [0.25, 0.3) is 0 Å². The summed E-state index contributed by atoms with van der Waals surface area (Å²) in [4.78, 5) is 27.5. The molecule has 5 nitrogen and oxygen atoms in total. The van der Waals surface area contributed by atoms with Gasteiger partial charge in [-0.05, 0) is 26.7 Å². The highest BCUT2D eigenvalue weighted by Gasteiger charge is 2.22. The highest BCUT2D eigenvalue weighted by Crippen LogP contribution is 2.17. The Morgan fingerprint density at radius 2 is 2.22 bits per heavy atom. The van der Waals surface area contributed by atoms with Crippen molar-refractivity contribution in [2.24, 2.45) is 0 Å². The molecule has 0 saturated carbocycles. The first-order valence-electron chi connectivity index (χ1n) is 5.54. The van der Waals surface area contributed by atoms with E-state index < -0.39 is 12.0 Å². The number of nitrogens with one attached hydrogen (secondary N) is 1. The number of aliphatic carboxylic acids is 1. The summed E-state index contributed by atoms with van der Waals surface area (Å²) in [6, 6.07) is -0.891. The number of amides is 1. The van der Waals surface area contributed by atoms with Gasteiger partial charge in [0, 0.05) is 0 Å². The molecule has 0 aromatic carbocycles. The molecule has 1 aromatic rings. The van der Waals surface area contributed by atoms with Crippen molar-refractivity contribution in [2.75, 3.05) is 0 Å². The molecule has 1 amide bonds. The van der Waals surface area contributed by atoms with Crippen molar-refractivity contribution >= 4 is 23.2 Å². The monoisotopic (exact) mass is 268 g/mol. The van der Waals surface area contributed by atoms with E-state index in [2.05, 4.69) is 16.9 Å². The highest BCUT2D eigenvalue weighted by atomic mass is 32.1. The second-order valence-corrected chi connectivity index (χ2v) is 5.08. The van der Waals surface area contributed by atoms with Gasteiger partial charge in [0.15, 0.2) is 0 Å². The number of rotatable bonds is 6. The van der Waals surface area contributed by atoms with E-state index in [0.717, 1.165) is 5.01 Å². The van der Waals surface area contributed by atoms with Gasteiger partial charge in [-0.15, -0.1) is 17.9 Å². The van der Waals surface area contributed by atoms with Gasteiger partial charge in [0.2, 0.25) is 0 Å². The lowest BCUT2D eigenvalue weighted by atomic mass is 10.1. The topological polar surface area (TPSA) is 79.3 Å². The van der Waals surface area contributed by atoms with Crippen LogP contribution in [0.15, 0.2) is 12.7 Å². The second-order valence-electron chi connectivity index (χ2n) is 3.88. The van der Waals surface area contributed by atoms with Gasteiger partial charge in [-0.25, -0.2) is 9.78 Å². The number of nitrogens with zero attached hydrogens (tertiary/aromatic N) is 1. The van der Waals surface area contributed by atoms with E-state index in [9.17, 15) is 9.59 Å². The molecule has 1 atom stereocenters. The summed E-state index contributed by atoms with van der Waals surface area (Å²) in [5, 5.41) is 12.3. The number of aryl methyl sites for hydroxylation is 2. The SMILES string of the molecule is C=CCCC(NC(=O)c1sc(C)nc1C)C(=O)O. The lowest BCUT2D eigenvalue weighted by Gasteiger charge is -2.12. The zero-order chi connectivity index (χ0) is 13.7. The number of carbonyl (C=O) groups excluding carboxylic acids is 1. The van der Waals surface area contributed by atoms with E-state index in [1.807, 2.05) is 0 Å². The van der Waals surface area contributed by atoms with Crippen LogP contribution >= 0.6 is 11.3 Å². The molecular weight excluding hydrogens is 252 g/mol. The number of hydrogen-bond acceptors (Lipinski definition) is 4. The quantitative estimate of drug-likeness (QED) is 0.772. The summed E-state index contributed by atoms with van der Waals surface area (Å²) in [7, 11) is 0. The van der Waals surface area contributed by atoms with Crippen LogP contribution in [0, 0.1) is 13.8 Å². The van der Waals surface area contributed by atoms with Gasteiger partial charge >= 0.3 is 5.97 Å². The molecule has 2 N–H and O–H groups in total. The zero-order valence-corrected chi connectivity index (χ0v) is 11.2. The third kappa shape index (κ3) is 3.66. The van der Waals surface area contributed by atoms with Crippen LogP contribution in [0.5, 0.6) is 0 Å². The third-order valence-electron chi connectivity index (χ3n) is 2.37. The first kappa shape index (κ1) is 14.4. The van der Waals surface area contributed by atoms with Crippen LogP contribution in [0.2, 0.25) is 0 Å². The Labute approximate surface area is 110 Å². The maximum atomic E-state index is 11.9. The van der Waals surface area contributed by atoms with Crippen LogP contribution in [0.1, 0.15) is 33.2 Å². The van der Waals surface area contributed by atoms with E-state index in [4.69, 9.17) is 5.11 Å².